The zero-order valence-corrected chi connectivity index (χ0v) is 11.7. The standard InChI is InChI=1S/C16H14N2O3/c1-20-13-8-11-12(9-14(13)21-2)18-16(19)15(17-11)10-6-4-3-5-7-10/h3-9H,1-2H3,(H,18,19). The fraction of sp³-hybridized carbons (Fsp3) is 0.125. The van der Waals surface area contributed by atoms with Crippen LogP contribution in [0.3, 0.4) is 0 Å². The Kier molecular flexibility index (Phi) is 3.31. The van der Waals surface area contributed by atoms with Crippen LogP contribution in [0.4, 0.5) is 0 Å². The summed E-state index contributed by atoms with van der Waals surface area (Å²) in [7, 11) is 3.11. The molecule has 0 radical (unpaired) electrons. The van der Waals surface area contributed by atoms with E-state index in [9.17, 15) is 4.79 Å². The number of nitrogens with one attached hydrogen (secondary N) is 1. The minimum Gasteiger partial charge on any atom is -0.493 e. The zero-order valence-electron chi connectivity index (χ0n) is 11.7. The second-order valence-corrected chi connectivity index (χ2v) is 4.50. The summed E-state index contributed by atoms with van der Waals surface area (Å²) in [5.41, 5.74) is 2.18. The number of aromatic amines is 1. The van der Waals surface area contributed by atoms with Crippen LogP contribution in [0.5, 0.6) is 11.5 Å². The number of fused-ring (bicyclic) bond motifs is 1. The molecule has 1 N–H and O–H groups in total. The number of ether oxygens (including phenoxy) is 2. The van der Waals surface area contributed by atoms with Crippen LogP contribution in [0, 0.1) is 0 Å². The summed E-state index contributed by atoms with van der Waals surface area (Å²) in [5, 5.41) is 0. The summed E-state index contributed by atoms with van der Waals surface area (Å²) in [6.45, 7) is 0. The van der Waals surface area contributed by atoms with Gasteiger partial charge in [0.2, 0.25) is 0 Å². The number of H-pyrrole nitrogens is 1. The van der Waals surface area contributed by atoms with E-state index in [1.54, 1.807) is 26.4 Å². The van der Waals surface area contributed by atoms with Gasteiger partial charge in [0, 0.05) is 17.7 Å². The van der Waals surface area contributed by atoms with Crippen molar-refractivity contribution in [1.82, 2.24) is 9.97 Å². The predicted octanol–water partition coefficient (Wildman–Crippen LogP) is 2.61. The van der Waals surface area contributed by atoms with Crippen LogP contribution < -0.4 is 15.0 Å². The molecule has 3 rings (SSSR count). The van der Waals surface area contributed by atoms with E-state index in [-0.39, 0.29) is 5.56 Å². The summed E-state index contributed by atoms with van der Waals surface area (Å²) in [4.78, 5) is 19.5. The Bertz CT molecular complexity index is 841. The largest absolute Gasteiger partial charge is 0.493 e. The molecule has 0 aliphatic rings. The lowest BCUT2D eigenvalue weighted by atomic mass is 10.1. The van der Waals surface area contributed by atoms with Gasteiger partial charge in [0.05, 0.1) is 25.3 Å². The summed E-state index contributed by atoms with van der Waals surface area (Å²) in [6, 6.07) is 12.8. The highest BCUT2D eigenvalue weighted by atomic mass is 16.5. The van der Waals surface area contributed by atoms with Crippen molar-refractivity contribution in [2.24, 2.45) is 0 Å². The molecule has 3 aromatic rings. The average Bonchev–Trinajstić information content (AvgIpc) is 2.53. The van der Waals surface area contributed by atoms with Gasteiger partial charge in [-0.2, -0.15) is 0 Å². The highest BCUT2D eigenvalue weighted by Gasteiger charge is 2.11. The molecule has 0 bridgehead atoms. The lowest BCUT2D eigenvalue weighted by Gasteiger charge is -2.09. The average molecular weight is 282 g/mol. The molecule has 0 fully saturated rings. The normalized spacial score (nSPS) is 10.6. The minimum absolute atomic E-state index is 0.235. The first kappa shape index (κ1) is 13.2. The number of methoxy groups -OCH3 is 2. The van der Waals surface area contributed by atoms with Gasteiger partial charge in [0.25, 0.3) is 5.56 Å². The molecule has 0 unspecified atom stereocenters. The van der Waals surface area contributed by atoms with Gasteiger partial charge in [-0.05, 0) is 0 Å². The van der Waals surface area contributed by atoms with Crippen molar-refractivity contribution in [3.63, 3.8) is 0 Å². The van der Waals surface area contributed by atoms with Gasteiger partial charge in [0.15, 0.2) is 11.5 Å². The molecule has 0 atom stereocenters. The summed E-state index contributed by atoms with van der Waals surface area (Å²) < 4.78 is 10.5. The molecule has 5 heteroatoms. The molecule has 21 heavy (non-hydrogen) atoms. The van der Waals surface area contributed by atoms with Crippen molar-refractivity contribution >= 4 is 11.0 Å². The Balaban J connectivity index is 2.26. The fourth-order valence-corrected chi connectivity index (χ4v) is 2.21. The van der Waals surface area contributed by atoms with Crippen LogP contribution in [0.2, 0.25) is 0 Å². The van der Waals surface area contributed by atoms with Crippen LogP contribution in [-0.4, -0.2) is 24.2 Å². The molecule has 0 amide bonds. The van der Waals surface area contributed by atoms with E-state index in [4.69, 9.17) is 9.47 Å². The van der Waals surface area contributed by atoms with Crippen molar-refractivity contribution in [1.29, 1.82) is 0 Å². The number of hydrogen-bond donors (Lipinski definition) is 1. The van der Waals surface area contributed by atoms with Crippen molar-refractivity contribution in [2.45, 2.75) is 0 Å². The number of aromatic nitrogens is 2. The Morgan fingerprint density at radius 3 is 2.33 bits per heavy atom. The number of hydrogen-bond acceptors (Lipinski definition) is 4. The summed E-state index contributed by atoms with van der Waals surface area (Å²) >= 11 is 0. The fourth-order valence-electron chi connectivity index (χ4n) is 2.21. The van der Waals surface area contributed by atoms with Crippen molar-refractivity contribution < 1.29 is 9.47 Å². The third-order valence-electron chi connectivity index (χ3n) is 3.24. The smallest absolute Gasteiger partial charge is 0.274 e. The van der Waals surface area contributed by atoms with Crippen LogP contribution in [-0.2, 0) is 0 Å². The quantitative estimate of drug-likeness (QED) is 0.802. The second kappa shape index (κ2) is 5.28. The van der Waals surface area contributed by atoms with E-state index >= 15 is 0 Å². The van der Waals surface area contributed by atoms with Crippen molar-refractivity contribution in [2.75, 3.05) is 14.2 Å². The minimum atomic E-state index is -0.235. The predicted molar refractivity (Wildman–Crippen MR) is 80.9 cm³/mol. The molecule has 0 spiro atoms. The van der Waals surface area contributed by atoms with Gasteiger partial charge < -0.3 is 14.5 Å². The van der Waals surface area contributed by atoms with Gasteiger partial charge in [-0.1, -0.05) is 30.3 Å². The summed E-state index contributed by atoms with van der Waals surface area (Å²) in [6.07, 6.45) is 0. The van der Waals surface area contributed by atoms with Gasteiger partial charge in [-0.25, -0.2) is 4.98 Å². The van der Waals surface area contributed by atoms with E-state index < -0.39 is 0 Å². The molecule has 1 heterocycles. The molecule has 5 nitrogen and oxygen atoms in total. The first-order valence-corrected chi connectivity index (χ1v) is 6.44. The highest BCUT2D eigenvalue weighted by molar-refractivity contribution is 5.81. The Labute approximate surface area is 121 Å². The van der Waals surface area contributed by atoms with E-state index in [0.29, 0.717) is 28.2 Å². The Hall–Kier alpha value is -2.82. The number of benzene rings is 2. The lowest BCUT2D eigenvalue weighted by Crippen LogP contribution is -2.11. The molecule has 0 saturated heterocycles. The first-order chi connectivity index (χ1) is 10.2. The maximum Gasteiger partial charge on any atom is 0.274 e. The van der Waals surface area contributed by atoms with Crippen LogP contribution in [0.15, 0.2) is 47.3 Å². The van der Waals surface area contributed by atoms with Crippen molar-refractivity contribution in [3.8, 4) is 22.8 Å². The zero-order chi connectivity index (χ0) is 14.8. The maximum absolute atomic E-state index is 12.2. The molecule has 1 aromatic heterocycles. The van der Waals surface area contributed by atoms with Crippen molar-refractivity contribution in [3.05, 3.63) is 52.8 Å². The van der Waals surface area contributed by atoms with Crippen LogP contribution in [0.1, 0.15) is 0 Å². The van der Waals surface area contributed by atoms with E-state index in [1.165, 1.54) is 0 Å². The second-order valence-electron chi connectivity index (χ2n) is 4.50. The number of rotatable bonds is 3. The molecule has 106 valence electrons. The highest BCUT2D eigenvalue weighted by Crippen LogP contribution is 2.30. The third-order valence-corrected chi connectivity index (χ3v) is 3.24. The van der Waals surface area contributed by atoms with Gasteiger partial charge >= 0.3 is 0 Å². The SMILES string of the molecule is COc1cc2nc(-c3ccccc3)c(=O)[nH]c2cc1OC. The van der Waals surface area contributed by atoms with Gasteiger partial charge in [-0.3, -0.25) is 4.79 Å². The Morgan fingerprint density at radius 2 is 1.67 bits per heavy atom. The van der Waals surface area contributed by atoms with E-state index in [0.717, 1.165) is 5.56 Å². The molecule has 2 aromatic carbocycles. The first-order valence-electron chi connectivity index (χ1n) is 6.44. The molecule has 0 aliphatic carbocycles. The molecular formula is C16H14N2O3. The third kappa shape index (κ3) is 2.33. The topological polar surface area (TPSA) is 64.2 Å². The Morgan fingerprint density at radius 1 is 1.00 bits per heavy atom. The van der Waals surface area contributed by atoms with Crippen LogP contribution in [0.25, 0.3) is 22.3 Å². The molecule has 0 aliphatic heterocycles. The maximum atomic E-state index is 12.2. The molecule has 0 saturated carbocycles. The van der Waals surface area contributed by atoms with Gasteiger partial charge in [0.1, 0.15) is 5.69 Å². The monoisotopic (exact) mass is 282 g/mol. The van der Waals surface area contributed by atoms with Crippen LogP contribution >= 0.6 is 0 Å². The molecular weight excluding hydrogens is 268 g/mol. The van der Waals surface area contributed by atoms with Gasteiger partial charge in [-0.15, -0.1) is 0 Å². The van der Waals surface area contributed by atoms with E-state index in [1.807, 2.05) is 30.3 Å². The number of nitrogens with zero attached hydrogens (tertiary/aromatic N) is 1. The van der Waals surface area contributed by atoms with E-state index in [2.05, 4.69) is 9.97 Å². The summed E-state index contributed by atoms with van der Waals surface area (Å²) in [5.74, 6) is 1.12. The lowest BCUT2D eigenvalue weighted by molar-refractivity contribution is 0.355.